The van der Waals surface area contributed by atoms with Gasteiger partial charge in [0, 0.05) is 32.2 Å². The van der Waals surface area contributed by atoms with Crippen LogP contribution in [0.15, 0.2) is 0 Å². The maximum atomic E-state index is 12.4. The molecule has 0 aromatic heterocycles. The van der Waals surface area contributed by atoms with Crippen molar-refractivity contribution in [3.63, 3.8) is 0 Å². The van der Waals surface area contributed by atoms with Crippen molar-refractivity contribution < 1.29 is 8.42 Å². The number of hydrogen-bond donors (Lipinski definition) is 1. The van der Waals surface area contributed by atoms with Gasteiger partial charge in [0.25, 0.3) is 10.2 Å². The summed E-state index contributed by atoms with van der Waals surface area (Å²) in [6.45, 7) is 7.36. The van der Waals surface area contributed by atoms with Gasteiger partial charge in [0.1, 0.15) is 0 Å². The number of hydrogen-bond acceptors (Lipinski definition) is 3. The maximum Gasteiger partial charge on any atom is 0.282 e. The summed E-state index contributed by atoms with van der Waals surface area (Å²) in [5.41, 5.74) is 0. The van der Waals surface area contributed by atoms with Crippen LogP contribution >= 0.6 is 0 Å². The standard InChI is InChI=1S/C10H21N3O2S/c1-3-12(4-2)16(14,15)13-6-5-9-7-11-8-10(9)13/h9-11H,3-8H2,1-2H3. The van der Waals surface area contributed by atoms with E-state index in [0.29, 0.717) is 25.6 Å². The van der Waals surface area contributed by atoms with Crippen molar-refractivity contribution in [2.24, 2.45) is 5.92 Å². The number of fused-ring (bicyclic) bond motifs is 1. The van der Waals surface area contributed by atoms with Crippen LogP contribution < -0.4 is 5.32 Å². The van der Waals surface area contributed by atoms with E-state index < -0.39 is 10.2 Å². The second-order valence-corrected chi connectivity index (χ2v) is 6.36. The van der Waals surface area contributed by atoms with Gasteiger partial charge in [0.15, 0.2) is 0 Å². The van der Waals surface area contributed by atoms with E-state index >= 15 is 0 Å². The third-order valence-corrected chi connectivity index (χ3v) is 5.94. The summed E-state index contributed by atoms with van der Waals surface area (Å²) < 4.78 is 28.0. The summed E-state index contributed by atoms with van der Waals surface area (Å²) in [5, 5.41) is 3.28. The van der Waals surface area contributed by atoms with Gasteiger partial charge in [-0.1, -0.05) is 13.8 Å². The van der Waals surface area contributed by atoms with Crippen molar-refractivity contribution in [3.05, 3.63) is 0 Å². The van der Waals surface area contributed by atoms with E-state index in [9.17, 15) is 8.42 Å². The van der Waals surface area contributed by atoms with Crippen LogP contribution in [0.5, 0.6) is 0 Å². The van der Waals surface area contributed by atoms with Crippen LogP contribution in [0.2, 0.25) is 0 Å². The lowest BCUT2D eigenvalue weighted by molar-refractivity contribution is 0.332. The van der Waals surface area contributed by atoms with E-state index in [1.54, 1.807) is 8.61 Å². The molecular weight excluding hydrogens is 226 g/mol. The molecule has 2 saturated heterocycles. The van der Waals surface area contributed by atoms with E-state index in [1.165, 1.54) is 0 Å². The normalized spacial score (nSPS) is 31.2. The van der Waals surface area contributed by atoms with Crippen molar-refractivity contribution in [3.8, 4) is 0 Å². The van der Waals surface area contributed by atoms with Crippen molar-refractivity contribution in [1.29, 1.82) is 0 Å². The van der Waals surface area contributed by atoms with Crippen LogP contribution in [0.1, 0.15) is 20.3 Å². The fraction of sp³-hybridized carbons (Fsp3) is 1.00. The predicted molar refractivity (Wildman–Crippen MR) is 63.3 cm³/mol. The summed E-state index contributed by atoms with van der Waals surface area (Å²) in [7, 11) is -3.23. The lowest BCUT2D eigenvalue weighted by atomic mass is 10.1. The topological polar surface area (TPSA) is 52.7 Å². The molecule has 2 rings (SSSR count). The van der Waals surface area contributed by atoms with Crippen LogP contribution in [0.4, 0.5) is 0 Å². The Morgan fingerprint density at radius 3 is 2.62 bits per heavy atom. The van der Waals surface area contributed by atoms with Crippen LogP contribution in [0, 0.1) is 5.92 Å². The molecule has 94 valence electrons. The molecule has 0 aliphatic carbocycles. The van der Waals surface area contributed by atoms with Crippen molar-refractivity contribution in [1.82, 2.24) is 13.9 Å². The third kappa shape index (κ3) is 1.88. The second-order valence-electron chi connectivity index (χ2n) is 4.48. The SMILES string of the molecule is CCN(CC)S(=O)(=O)N1CCC2CNCC21. The van der Waals surface area contributed by atoms with Crippen molar-refractivity contribution >= 4 is 10.2 Å². The second kappa shape index (κ2) is 4.60. The minimum absolute atomic E-state index is 0.186. The van der Waals surface area contributed by atoms with E-state index in [1.807, 2.05) is 13.8 Å². The first-order chi connectivity index (χ1) is 7.61. The predicted octanol–water partition coefficient (Wildman–Crippen LogP) is -0.133. The Hall–Kier alpha value is -0.170. The lowest BCUT2D eigenvalue weighted by Gasteiger charge is -2.29. The molecule has 2 aliphatic heterocycles. The van der Waals surface area contributed by atoms with Crippen LogP contribution in [0.3, 0.4) is 0 Å². The summed E-state index contributed by atoms with van der Waals surface area (Å²) >= 11 is 0. The largest absolute Gasteiger partial charge is 0.315 e. The molecular formula is C10H21N3O2S. The summed E-state index contributed by atoms with van der Waals surface area (Å²) in [6.07, 6.45) is 0.998. The van der Waals surface area contributed by atoms with E-state index in [-0.39, 0.29) is 6.04 Å². The molecule has 1 N–H and O–H groups in total. The highest BCUT2D eigenvalue weighted by atomic mass is 32.2. The van der Waals surface area contributed by atoms with E-state index in [2.05, 4.69) is 5.32 Å². The smallest absolute Gasteiger partial charge is 0.282 e. The molecule has 0 saturated carbocycles. The van der Waals surface area contributed by atoms with Crippen LogP contribution in [0.25, 0.3) is 0 Å². The highest BCUT2D eigenvalue weighted by Gasteiger charge is 2.44. The Labute approximate surface area is 98.0 Å². The van der Waals surface area contributed by atoms with Crippen molar-refractivity contribution in [2.45, 2.75) is 26.3 Å². The summed E-state index contributed by atoms with van der Waals surface area (Å²) in [6, 6.07) is 0.186. The average molecular weight is 247 g/mol. The highest BCUT2D eigenvalue weighted by molar-refractivity contribution is 7.86. The first kappa shape index (κ1) is 12.3. The minimum atomic E-state index is -3.23. The van der Waals surface area contributed by atoms with Gasteiger partial charge in [0.2, 0.25) is 0 Å². The number of nitrogens with one attached hydrogen (secondary N) is 1. The Bertz CT molecular complexity index is 340. The number of nitrogens with zero attached hydrogens (tertiary/aromatic N) is 2. The number of rotatable bonds is 4. The van der Waals surface area contributed by atoms with Gasteiger partial charge in [-0.15, -0.1) is 0 Å². The van der Waals surface area contributed by atoms with Gasteiger partial charge < -0.3 is 5.32 Å². The van der Waals surface area contributed by atoms with Gasteiger partial charge >= 0.3 is 0 Å². The van der Waals surface area contributed by atoms with Gasteiger partial charge in [-0.05, 0) is 18.9 Å². The summed E-state index contributed by atoms with van der Waals surface area (Å²) in [5.74, 6) is 0.519. The molecule has 2 fully saturated rings. The van der Waals surface area contributed by atoms with Gasteiger partial charge in [-0.3, -0.25) is 0 Å². The quantitative estimate of drug-likeness (QED) is 0.753. The molecule has 2 unspecified atom stereocenters. The molecule has 0 bridgehead atoms. The molecule has 2 heterocycles. The maximum absolute atomic E-state index is 12.4. The molecule has 16 heavy (non-hydrogen) atoms. The summed E-state index contributed by atoms with van der Waals surface area (Å²) in [4.78, 5) is 0. The van der Waals surface area contributed by atoms with E-state index in [4.69, 9.17) is 0 Å². The van der Waals surface area contributed by atoms with E-state index in [0.717, 1.165) is 19.5 Å². The zero-order valence-corrected chi connectivity index (χ0v) is 10.8. The molecule has 0 aromatic rings. The molecule has 6 heteroatoms. The molecule has 0 aromatic carbocycles. The Kier molecular flexibility index (Phi) is 3.53. The Morgan fingerprint density at radius 2 is 2.00 bits per heavy atom. The first-order valence-electron chi connectivity index (χ1n) is 6.08. The molecule has 2 atom stereocenters. The molecule has 0 radical (unpaired) electrons. The van der Waals surface area contributed by atoms with Crippen molar-refractivity contribution in [2.75, 3.05) is 32.7 Å². The third-order valence-electron chi connectivity index (χ3n) is 3.72. The Balaban J connectivity index is 2.17. The molecule has 5 nitrogen and oxygen atoms in total. The Morgan fingerprint density at radius 1 is 1.31 bits per heavy atom. The van der Waals surface area contributed by atoms with Gasteiger partial charge in [0.05, 0.1) is 0 Å². The fourth-order valence-electron chi connectivity index (χ4n) is 2.79. The van der Waals surface area contributed by atoms with Crippen LogP contribution in [-0.4, -0.2) is 55.8 Å². The zero-order valence-electron chi connectivity index (χ0n) is 10.0. The highest BCUT2D eigenvalue weighted by Crippen LogP contribution is 2.30. The lowest BCUT2D eigenvalue weighted by Crippen LogP contribution is -2.47. The first-order valence-corrected chi connectivity index (χ1v) is 7.48. The fourth-order valence-corrected chi connectivity index (χ4v) is 4.67. The van der Waals surface area contributed by atoms with Gasteiger partial charge in [-0.25, -0.2) is 0 Å². The zero-order chi connectivity index (χ0) is 11.8. The monoisotopic (exact) mass is 247 g/mol. The van der Waals surface area contributed by atoms with Crippen LogP contribution in [-0.2, 0) is 10.2 Å². The molecule has 2 aliphatic rings. The molecule has 0 spiro atoms. The average Bonchev–Trinajstić information content (AvgIpc) is 2.78. The minimum Gasteiger partial charge on any atom is -0.315 e. The van der Waals surface area contributed by atoms with Gasteiger partial charge in [-0.2, -0.15) is 17.0 Å². The molecule has 0 amide bonds.